The molecule has 0 aliphatic heterocycles. The smallest absolute Gasteiger partial charge is 1.00 e. The fourth-order valence-electron chi connectivity index (χ4n) is 1.03. The topological polar surface area (TPSA) is 3.24 Å². The van der Waals surface area contributed by atoms with Crippen molar-refractivity contribution in [1.82, 2.24) is 2.89 Å². The molecule has 0 aromatic heterocycles. The molecule has 0 saturated heterocycles. The van der Waals surface area contributed by atoms with Crippen LogP contribution in [0, 0.1) is 0 Å². The van der Waals surface area contributed by atoms with Crippen LogP contribution in [0.3, 0.4) is 0 Å². The van der Waals surface area contributed by atoms with Gasteiger partial charge in [0.1, 0.15) is 0 Å². The van der Waals surface area contributed by atoms with Crippen molar-refractivity contribution in [2.45, 2.75) is 32.7 Å². The van der Waals surface area contributed by atoms with E-state index in [1.54, 1.807) is 0 Å². The summed E-state index contributed by atoms with van der Waals surface area (Å²) in [5.74, 6) is 0. The molecule has 0 fully saturated rings. The van der Waals surface area contributed by atoms with E-state index in [9.17, 15) is 0 Å². The van der Waals surface area contributed by atoms with Crippen LogP contribution in [0.5, 0.6) is 0 Å². The van der Waals surface area contributed by atoms with Gasteiger partial charge >= 0.3 is 84.2 Å². The number of allylic oxidation sites excluding steroid dienone is 3. The minimum atomic E-state index is 0. The summed E-state index contributed by atoms with van der Waals surface area (Å²) in [6.45, 7) is 6.79. The number of hydrogen-bond donors (Lipinski definition) is 0. The Bertz CT molecular complexity index is 206. The fraction of sp³-hybridized carbons (Fsp3) is 0.556. The predicted octanol–water partition coefficient (Wildman–Crippen LogP) is -3.60. The summed E-state index contributed by atoms with van der Waals surface area (Å²) in [7, 11) is 0. The molecule has 1 nitrogen and oxygen atoms in total. The molecule has 0 N–H and O–H groups in total. The van der Waals surface area contributed by atoms with Crippen LogP contribution in [0.15, 0.2) is 23.9 Å². The first-order chi connectivity index (χ1) is 5.02. The molecule has 0 spiro atoms. The summed E-state index contributed by atoms with van der Waals surface area (Å²) in [6.07, 6.45) is 7.71. The number of nitrogens with zero attached hydrogens (tertiary/aromatic N) is 1. The standard InChI is InChI=1S/C9H14N.2ClH.Hf/c1-9(2,3)10-8-6-4-5-7-8;;;/h4-6H,7H2,1-3H3;2*1H;/q-1;;;+3/p-2. The minimum absolute atomic E-state index is 0. The second-order valence-electron chi connectivity index (χ2n) is 3.80. The van der Waals surface area contributed by atoms with Gasteiger partial charge in [0.15, 0.2) is 0 Å². The Morgan fingerprint density at radius 2 is 1.85 bits per heavy atom. The van der Waals surface area contributed by atoms with Crippen molar-refractivity contribution in [3.05, 3.63) is 23.9 Å². The fourth-order valence-corrected chi connectivity index (χ4v) is 1.63. The second-order valence-corrected chi connectivity index (χ2v) is 5.40. The zero-order chi connectivity index (χ0) is 8.48. The SMILES string of the molecule is CC(C)(C)[N]([Hf+2])C1=CC=CC1.[Cl-].[Cl-]. The maximum atomic E-state index is 2.47. The summed E-state index contributed by atoms with van der Waals surface area (Å²) in [5.41, 5.74) is 1.79. The van der Waals surface area contributed by atoms with E-state index in [1.807, 2.05) is 0 Å². The molecule has 0 atom stereocenters. The Hall–Kier alpha value is 0.730. The third kappa shape index (κ3) is 4.66. The summed E-state index contributed by atoms with van der Waals surface area (Å²) < 4.78 is 2.47. The number of hydrogen-bond acceptors (Lipinski definition) is 1. The quantitative estimate of drug-likeness (QED) is 0.422. The van der Waals surface area contributed by atoms with Crippen LogP contribution in [0.4, 0.5) is 0 Å². The van der Waals surface area contributed by atoms with Crippen molar-refractivity contribution in [2.75, 3.05) is 0 Å². The second kappa shape index (κ2) is 6.26. The van der Waals surface area contributed by atoms with Gasteiger partial charge in [-0.1, -0.05) is 0 Å². The third-order valence-corrected chi connectivity index (χ3v) is 5.15. The largest absolute Gasteiger partial charge is 1.00 e. The van der Waals surface area contributed by atoms with Crippen LogP contribution in [-0.4, -0.2) is 8.43 Å². The zero-order valence-corrected chi connectivity index (χ0v) is 13.2. The molecule has 1 aliphatic rings. The van der Waals surface area contributed by atoms with Gasteiger partial charge in [0.25, 0.3) is 0 Å². The van der Waals surface area contributed by atoms with Gasteiger partial charge in [0, 0.05) is 0 Å². The molecule has 13 heavy (non-hydrogen) atoms. The third-order valence-electron chi connectivity index (χ3n) is 1.71. The average Bonchev–Trinajstić information content (AvgIpc) is 2.34. The van der Waals surface area contributed by atoms with Crippen LogP contribution in [0.1, 0.15) is 27.2 Å². The van der Waals surface area contributed by atoms with Crippen molar-refractivity contribution < 1.29 is 49.5 Å². The van der Waals surface area contributed by atoms with E-state index < -0.39 is 0 Å². The minimum Gasteiger partial charge on any atom is -1.00 e. The molecule has 73 valence electrons. The van der Waals surface area contributed by atoms with Crippen molar-refractivity contribution >= 4 is 0 Å². The van der Waals surface area contributed by atoms with Gasteiger partial charge in [0.2, 0.25) is 0 Å². The molecule has 1 rings (SSSR count). The molecule has 0 heterocycles. The van der Waals surface area contributed by atoms with E-state index in [1.165, 1.54) is 5.70 Å². The van der Waals surface area contributed by atoms with Gasteiger partial charge in [-0.2, -0.15) is 0 Å². The molecule has 1 aliphatic carbocycles. The normalized spacial score (nSPS) is 14.4. The van der Waals surface area contributed by atoms with Crippen molar-refractivity contribution in [2.24, 2.45) is 0 Å². The van der Waals surface area contributed by atoms with E-state index in [-0.39, 0.29) is 24.8 Å². The van der Waals surface area contributed by atoms with E-state index in [0.29, 0.717) is 5.54 Å². The Balaban J connectivity index is 0. The van der Waals surface area contributed by atoms with Gasteiger partial charge in [-0.25, -0.2) is 0 Å². The number of rotatable bonds is 1. The Morgan fingerprint density at radius 3 is 2.15 bits per heavy atom. The molecule has 0 unspecified atom stereocenters. The van der Waals surface area contributed by atoms with Crippen molar-refractivity contribution in [3.63, 3.8) is 0 Å². The molecule has 4 heteroatoms. The average molecular weight is 386 g/mol. The summed E-state index contributed by atoms with van der Waals surface area (Å²) in [6, 6.07) is 0. The van der Waals surface area contributed by atoms with Gasteiger partial charge in [0.05, 0.1) is 0 Å². The van der Waals surface area contributed by atoms with Gasteiger partial charge in [-0.05, 0) is 0 Å². The molecule has 0 amide bonds. The predicted molar refractivity (Wildman–Crippen MR) is 43.4 cm³/mol. The van der Waals surface area contributed by atoms with Crippen LogP contribution >= 0.6 is 0 Å². The zero-order valence-electron chi connectivity index (χ0n) is 8.14. The first-order valence-corrected chi connectivity index (χ1v) is 5.49. The summed E-state index contributed by atoms with van der Waals surface area (Å²) in [4.78, 5) is 0. The molecule has 0 saturated carbocycles. The van der Waals surface area contributed by atoms with Crippen molar-refractivity contribution in [1.29, 1.82) is 0 Å². The van der Waals surface area contributed by atoms with Gasteiger partial charge < -0.3 is 24.8 Å². The molecular formula is C9H14Cl2HfN. The first kappa shape index (κ1) is 16.2. The maximum absolute atomic E-state index is 2.47. The Kier molecular flexibility index (Phi) is 7.78. The van der Waals surface area contributed by atoms with E-state index in [4.69, 9.17) is 0 Å². The van der Waals surface area contributed by atoms with E-state index in [2.05, 4.69) is 41.9 Å². The maximum Gasteiger partial charge on any atom is -1.00 e. The summed E-state index contributed by atoms with van der Waals surface area (Å²) in [5, 5.41) is 0. The van der Waals surface area contributed by atoms with E-state index in [0.717, 1.165) is 31.1 Å². The van der Waals surface area contributed by atoms with Crippen molar-refractivity contribution in [3.8, 4) is 0 Å². The Labute approximate surface area is 108 Å². The van der Waals surface area contributed by atoms with Crippen LogP contribution in [-0.2, 0) is 24.7 Å². The first-order valence-electron chi connectivity index (χ1n) is 3.89. The molecule has 0 radical (unpaired) electrons. The molecule has 0 aromatic carbocycles. The number of halogens is 2. The van der Waals surface area contributed by atoms with Gasteiger partial charge in [-0.3, -0.25) is 0 Å². The molecular weight excluding hydrogens is 372 g/mol. The van der Waals surface area contributed by atoms with E-state index >= 15 is 0 Å². The molecule has 0 aromatic rings. The van der Waals surface area contributed by atoms with Crippen LogP contribution in [0.25, 0.3) is 0 Å². The van der Waals surface area contributed by atoms with Gasteiger partial charge in [-0.15, -0.1) is 0 Å². The monoisotopic (exact) mass is 386 g/mol. The summed E-state index contributed by atoms with van der Waals surface area (Å²) >= 11 is 1.12. The Morgan fingerprint density at radius 1 is 1.31 bits per heavy atom. The van der Waals surface area contributed by atoms with Crippen LogP contribution in [0.2, 0.25) is 0 Å². The molecule has 0 bridgehead atoms. The van der Waals surface area contributed by atoms with Crippen LogP contribution < -0.4 is 24.8 Å².